The highest BCUT2D eigenvalue weighted by atomic mass is 32.2. The van der Waals surface area contributed by atoms with Gasteiger partial charge in [0.2, 0.25) is 10.0 Å². The SMILES string of the molecule is CC1CN(S(=O)(=O)c2cc(N)cc3c2OCCC3)CCO1. The van der Waals surface area contributed by atoms with Gasteiger partial charge in [-0.15, -0.1) is 0 Å². The summed E-state index contributed by atoms with van der Waals surface area (Å²) in [7, 11) is -3.61. The van der Waals surface area contributed by atoms with Crippen LogP contribution < -0.4 is 10.5 Å². The number of benzene rings is 1. The fourth-order valence-electron chi connectivity index (χ4n) is 2.81. The molecular formula is C14H20N2O4S. The predicted molar refractivity (Wildman–Crippen MR) is 78.8 cm³/mol. The minimum Gasteiger partial charge on any atom is -0.492 e. The lowest BCUT2D eigenvalue weighted by atomic mass is 10.1. The van der Waals surface area contributed by atoms with Gasteiger partial charge < -0.3 is 15.2 Å². The average molecular weight is 312 g/mol. The maximum atomic E-state index is 12.9. The summed E-state index contributed by atoms with van der Waals surface area (Å²) in [5, 5.41) is 0. The molecule has 0 bridgehead atoms. The summed E-state index contributed by atoms with van der Waals surface area (Å²) in [6, 6.07) is 3.30. The summed E-state index contributed by atoms with van der Waals surface area (Å²) in [6.45, 7) is 3.53. The highest BCUT2D eigenvalue weighted by molar-refractivity contribution is 7.89. The van der Waals surface area contributed by atoms with Crippen molar-refractivity contribution in [3.05, 3.63) is 17.7 Å². The summed E-state index contributed by atoms with van der Waals surface area (Å²) in [6.07, 6.45) is 1.57. The molecule has 1 atom stereocenters. The standard InChI is InChI=1S/C14H20N2O4S/c1-10-9-16(4-6-19-10)21(17,18)13-8-12(15)7-11-3-2-5-20-14(11)13/h7-8,10H,2-6,9,15H2,1H3. The molecule has 0 saturated carbocycles. The molecule has 0 aromatic heterocycles. The van der Waals surface area contributed by atoms with Crippen molar-refractivity contribution in [3.8, 4) is 5.75 Å². The van der Waals surface area contributed by atoms with Crippen LogP contribution in [0.5, 0.6) is 5.75 Å². The molecular weight excluding hydrogens is 292 g/mol. The molecule has 6 nitrogen and oxygen atoms in total. The first-order valence-electron chi connectivity index (χ1n) is 7.15. The Morgan fingerprint density at radius 2 is 2.14 bits per heavy atom. The van der Waals surface area contributed by atoms with Gasteiger partial charge in [0.05, 0.1) is 19.3 Å². The van der Waals surface area contributed by atoms with Crippen molar-refractivity contribution in [3.63, 3.8) is 0 Å². The van der Waals surface area contributed by atoms with E-state index in [1.165, 1.54) is 10.4 Å². The number of fused-ring (bicyclic) bond motifs is 1. The highest BCUT2D eigenvalue weighted by Gasteiger charge is 2.33. The topological polar surface area (TPSA) is 81.9 Å². The van der Waals surface area contributed by atoms with Crippen molar-refractivity contribution in [1.29, 1.82) is 0 Å². The number of ether oxygens (including phenoxy) is 2. The third-order valence-corrected chi connectivity index (χ3v) is 5.68. The number of morpholine rings is 1. The second-order valence-electron chi connectivity index (χ2n) is 5.50. The lowest BCUT2D eigenvalue weighted by Crippen LogP contribution is -2.44. The van der Waals surface area contributed by atoms with E-state index in [9.17, 15) is 8.42 Å². The van der Waals surface area contributed by atoms with E-state index >= 15 is 0 Å². The van der Waals surface area contributed by atoms with Gasteiger partial charge >= 0.3 is 0 Å². The van der Waals surface area contributed by atoms with Crippen molar-refractivity contribution >= 4 is 15.7 Å². The smallest absolute Gasteiger partial charge is 0.247 e. The number of nitrogens with zero attached hydrogens (tertiary/aromatic N) is 1. The Bertz CT molecular complexity index is 645. The van der Waals surface area contributed by atoms with E-state index in [1.54, 1.807) is 6.07 Å². The minimum atomic E-state index is -3.61. The maximum Gasteiger partial charge on any atom is 0.247 e. The molecule has 21 heavy (non-hydrogen) atoms. The molecule has 2 heterocycles. The monoisotopic (exact) mass is 312 g/mol. The van der Waals surface area contributed by atoms with Gasteiger partial charge in [0.1, 0.15) is 10.6 Å². The largest absolute Gasteiger partial charge is 0.492 e. The zero-order chi connectivity index (χ0) is 15.0. The Labute approximate surface area is 124 Å². The lowest BCUT2D eigenvalue weighted by Gasteiger charge is -2.31. The van der Waals surface area contributed by atoms with Gasteiger partial charge in [-0.05, 0) is 37.5 Å². The quantitative estimate of drug-likeness (QED) is 0.824. The van der Waals surface area contributed by atoms with Gasteiger partial charge in [-0.25, -0.2) is 8.42 Å². The van der Waals surface area contributed by atoms with E-state index in [1.807, 2.05) is 6.92 Å². The van der Waals surface area contributed by atoms with Crippen LogP contribution in [0.2, 0.25) is 0 Å². The van der Waals surface area contributed by atoms with Crippen molar-refractivity contribution in [2.45, 2.75) is 30.8 Å². The van der Waals surface area contributed by atoms with Crippen LogP contribution in [0.4, 0.5) is 5.69 Å². The van der Waals surface area contributed by atoms with E-state index in [-0.39, 0.29) is 11.0 Å². The Morgan fingerprint density at radius 1 is 1.33 bits per heavy atom. The predicted octanol–water partition coefficient (Wildman–Crippen LogP) is 1.00. The number of anilines is 1. The van der Waals surface area contributed by atoms with E-state index in [0.29, 0.717) is 37.7 Å². The highest BCUT2D eigenvalue weighted by Crippen LogP contribution is 2.36. The Kier molecular flexibility index (Phi) is 3.81. The average Bonchev–Trinajstić information content (AvgIpc) is 2.46. The van der Waals surface area contributed by atoms with Gasteiger partial charge in [-0.3, -0.25) is 0 Å². The van der Waals surface area contributed by atoms with Gasteiger partial charge in [0, 0.05) is 18.8 Å². The molecule has 7 heteroatoms. The fourth-order valence-corrected chi connectivity index (χ4v) is 4.51. The van der Waals surface area contributed by atoms with Gasteiger partial charge in [0.25, 0.3) is 0 Å². The molecule has 2 N–H and O–H groups in total. The van der Waals surface area contributed by atoms with Crippen LogP contribution in [-0.2, 0) is 21.2 Å². The number of rotatable bonds is 2. The fraction of sp³-hybridized carbons (Fsp3) is 0.571. The number of sulfonamides is 1. The number of hydrogen-bond acceptors (Lipinski definition) is 5. The molecule has 116 valence electrons. The van der Waals surface area contributed by atoms with E-state index in [4.69, 9.17) is 15.2 Å². The van der Waals surface area contributed by atoms with Crippen LogP contribution in [-0.4, -0.2) is 45.1 Å². The third-order valence-electron chi connectivity index (χ3n) is 3.81. The van der Waals surface area contributed by atoms with Crippen LogP contribution in [0.1, 0.15) is 18.9 Å². The van der Waals surface area contributed by atoms with E-state index in [2.05, 4.69) is 0 Å². The van der Waals surface area contributed by atoms with E-state index in [0.717, 1.165) is 18.4 Å². The summed E-state index contributed by atoms with van der Waals surface area (Å²) >= 11 is 0. The van der Waals surface area contributed by atoms with Crippen LogP contribution in [0.15, 0.2) is 17.0 Å². The summed E-state index contributed by atoms with van der Waals surface area (Å²) in [5.74, 6) is 0.467. The molecule has 2 aliphatic heterocycles. The summed E-state index contributed by atoms with van der Waals surface area (Å²) in [4.78, 5) is 0.186. The van der Waals surface area contributed by atoms with Gasteiger partial charge in [0.15, 0.2) is 0 Å². The zero-order valence-corrected chi connectivity index (χ0v) is 12.9. The maximum absolute atomic E-state index is 12.9. The summed E-state index contributed by atoms with van der Waals surface area (Å²) < 4.78 is 38.3. The van der Waals surface area contributed by atoms with Crippen LogP contribution >= 0.6 is 0 Å². The molecule has 1 aromatic rings. The first kappa shape index (κ1) is 14.6. The van der Waals surface area contributed by atoms with Crippen LogP contribution in [0.3, 0.4) is 0 Å². The molecule has 0 aliphatic carbocycles. The summed E-state index contributed by atoms with van der Waals surface area (Å²) in [5.41, 5.74) is 7.21. The van der Waals surface area contributed by atoms with Crippen molar-refractivity contribution in [1.82, 2.24) is 4.31 Å². The molecule has 1 unspecified atom stereocenters. The Balaban J connectivity index is 2.04. The third kappa shape index (κ3) is 2.73. The molecule has 2 aliphatic rings. The second-order valence-corrected chi connectivity index (χ2v) is 7.41. The molecule has 0 radical (unpaired) electrons. The molecule has 0 spiro atoms. The first-order chi connectivity index (χ1) is 9.98. The van der Waals surface area contributed by atoms with Crippen LogP contribution in [0, 0.1) is 0 Å². The Hall–Kier alpha value is -1.31. The van der Waals surface area contributed by atoms with Crippen molar-refractivity contribution in [2.24, 2.45) is 0 Å². The molecule has 0 amide bonds. The lowest BCUT2D eigenvalue weighted by molar-refractivity contribution is 0.0101. The minimum absolute atomic E-state index is 0.105. The Morgan fingerprint density at radius 3 is 2.90 bits per heavy atom. The number of nitrogens with two attached hydrogens (primary N) is 1. The van der Waals surface area contributed by atoms with Crippen molar-refractivity contribution < 1.29 is 17.9 Å². The number of aryl methyl sites for hydroxylation is 1. The molecule has 1 saturated heterocycles. The zero-order valence-electron chi connectivity index (χ0n) is 12.0. The normalized spacial score (nSPS) is 23.4. The number of hydrogen-bond donors (Lipinski definition) is 1. The van der Waals surface area contributed by atoms with Gasteiger partial charge in [-0.1, -0.05) is 0 Å². The van der Waals surface area contributed by atoms with Crippen LogP contribution in [0.25, 0.3) is 0 Å². The van der Waals surface area contributed by atoms with E-state index < -0.39 is 10.0 Å². The first-order valence-corrected chi connectivity index (χ1v) is 8.59. The van der Waals surface area contributed by atoms with Gasteiger partial charge in [-0.2, -0.15) is 4.31 Å². The molecule has 1 aromatic carbocycles. The van der Waals surface area contributed by atoms with Crippen molar-refractivity contribution in [2.75, 3.05) is 32.0 Å². The molecule has 1 fully saturated rings. The number of nitrogen functional groups attached to an aromatic ring is 1. The molecule has 3 rings (SSSR count). The second kappa shape index (κ2) is 5.47.